The van der Waals surface area contributed by atoms with E-state index < -0.39 is 0 Å². The second kappa shape index (κ2) is 6.95. The molecule has 1 N–H and O–H groups in total. The molecule has 0 atom stereocenters. The highest BCUT2D eigenvalue weighted by Crippen LogP contribution is 2.31. The average Bonchev–Trinajstić information content (AvgIpc) is 2.94. The molecule has 1 aromatic carbocycles. The molecule has 0 radical (unpaired) electrons. The molecule has 1 saturated carbocycles. The highest BCUT2D eigenvalue weighted by molar-refractivity contribution is 5.79. The molecule has 0 aliphatic heterocycles. The van der Waals surface area contributed by atoms with Crippen LogP contribution in [0, 0.1) is 5.92 Å². The lowest BCUT2D eigenvalue weighted by Crippen LogP contribution is -2.22. The summed E-state index contributed by atoms with van der Waals surface area (Å²) in [5.74, 6) is 1.72. The lowest BCUT2D eigenvalue weighted by atomic mass is 9.83. The summed E-state index contributed by atoms with van der Waals surface area (Å²) in [6, 6.07) is 10.4. The van der Waals surface area contributed by atoms with E-state index in [0.29, 0.717) is 0 Å². The Hall–Kier alpha value is -1.54. The van der Waals surface area contributed by atoms with E-state index in [9.17, 15) is 0 Å². The zero-order valence-corrected chi connectivity index (χ0v) is 12.9. The van der Waals surface area contributed by atoms with Crippen LogP contribution in [0.2, 0.25) is 0 Å². The molecule has 0 unspecified atom stereocenters. The molecule has 0 spiro atoms. The maximum Gasteiger partial charge on any atom is 0.134 e. The van der Waals surface area contributed by atoms with Crippen molar-refractivity contribution in [3.05, 3.63) is 41.7 Å². The topological polar surface area (TPSA) is 25.2 Å². The molecular formula is C19H25NO. The molecule has 112 valence electrons. The molecule has 3 rings (SSSR count). The van der Waals surface area contributed by atoms with E-state index in [1.807, 2.05) is 12.1 Å². The number of benzene rings is 1. The van der Waals surface area contributed by atoms with E-state index in [1.165, 1.54) is 43.1 Å². The Morgan fingerprint density at radius 3 is 2.81 bits per heavy atom. The van der Waals surface area contributed by atoms with Crippen LogP contribution in [0.15, 0.2) is 40.3 Å². The third-order valence-corrected chi connectivity index (χ3v) is 4.48. The van der Waals surface area contributed by atoms with Crippen molar-refractivity contribution in [3.63, 3.8) is 0 Å². The molecule has 2 aromatic rings. The van der Waals surface area contributed by atoms with Crippen LogP contribution in [0.4, 0.5) is 0 Å². The van der Waals surface area contributed by atoms with Crippen LogP contribution < -0.4 is 5.32 Å². The fraction of sp³-hybridized carbons (Fsp3) is 0.474. The number of rotatable bonds is 5. The number of nitrogens with one attached hydrogen (secondary N) is 1. The molecule has 0 bridgehead atoms. The summed E-state index contributed by atoms with van der Waals surface area (Å²) in [4.78, 5) is 0. The van der Waals surface area contributed by atoms with Crippen LogP contribution in [-0.4, -0.2) is 13.1 Å². The molecule has 1 fully saturated rings. The molecule has 21 heavy (non-hydrogen) atoms. The average molecular weight is 283 g/mol. The van der Waals surface area contributed by atoms with E-state index in [1.54, 1.807) is 0 Å². The summed E-state index contributed by atoms with van der Waals surface area (Å²) in [6.07, 6.45) is 9.08. The van der Waals surface area contributed by atoms with Crippen molar-refractivity contribution in [1.29, 1.82) is 0 Å². The van der Waals surface area contributed by atoms with Crippen molar-refractivity contribution < 1.29 is 4.42 Å². The predicted molar refractivity (Wildman–Crippen MR) is 89.3 cm³/mol. The Kier molecular flexibility index (Phi) is 4.76. The fourth-order valence-electron chi connectivity index (χ4n) is 3.31. The highest BCUT2D eigenvalue weighted by Gasteiger charge is 2.18. The first-order chi connectivity index (χ1) is 10.4. The Bertz CT molecular complexity index is 572. The van der Waals surface area contributed by atoms with Gasteiger partial charge in [-0.25, -0.2) is 0 Å². The zero-order chi connectivity index (χ0) is 14.5. The summed E-state index contributed by atoms with van der Waals surface area (Å²) >= 11 is 0. The van der Waals surface area contributed by atoms with Gasteiger partial charge in [0.05, 0.1) is 0 Å². The van der Waals surface area contributed by atoms with E-state index in [-0.39, 0.29) is 0 Å². The minimum absolute atomic E-state index is 0.728. The lowest BCUT2D eigenvalue weighted by Gasteiger charge is -2.24. The van der Waals surface area contributed by atoms with E-state index in [2.05, 4.69) is 36.5 Å². The largest absolute Gasteiger partial charge is 0.457 e. The standard InChI is InChI=1S/C19H25NO/c1-2-20-14-17(15-8-4-3-5-9-15)13-18-12-16-10-6-7-11-19(16)21-18/h6-7,10-13,15,20H,2-5,8-9,14H2,1H3/b17-13-. The van der Waals surface area contributed by atoms with Gasteiger partial charge >= 0.3 is 0 Å². The Morgan fingerprint density at radius 2 is 2.05 bits per heavy atom. The van der Waals surface area contributed by atoms with Crippen molar-refractivity contribution in [2.45, 2.75) is 39.0 Å². The molecule has 1 heterocycles. The summed E-state index contributed by atoms with van der Waals surface area (Å²) < 4.78 is 5.97. The second-order valence-electron chi connectivity index (χ2n) is 6.02. The highest BCUT2D eigenvalue weighted by atomic mass is 16.3. The Balaban J connectivity index is 1.85. The Morgan fingerprint density at radius 1 is 1.24 bits per heavy atom. The van der Waals surface area contributed by atoms with Crippen LogP contribution in [0.25, 0.3) is 17.0 Å². The summed E-state index contributed by atoms with van der Waals surface area (Å²) in [6.45, 7) is 4.17. The molecule has 2 heteroatoms. The van der Waals surface area contributed by atoms with Crippen LogP contribution >= 0.6 is 0 Å². The summed E-state index contributed by atoms with van der Waals surface area (Å²) in [5, 5.41) is 4.68. The number of likely N-dealkylation sites (N-methyl/N-ethyl adjacent to an activating group) is 1. The van der Waals surface area contributed by atoms with Gasteiger partial charge in [-0.05, 0) is 49.1 Å². The Labute approximate surface area is 127 Å². The van der Waals surface area contributed by atoms with Crippen molar-refractivity contribution in [2.24, 2.45) is 5.92 Å². The van der Waals surface area contributed by atoms with Gasteiger partial charge in [0, 0.05) is 11.9 Å². The van der Waals surface area contributed by atoms with Crippen molar-refractivity contribution in [1.82, 2.24) is 5.32 Å². The normalized spacial score (nSPS) is 17.5. The quantitative estimate of drug-likeness (QED) is 0.834. The van der Waals surface area contributed by atoms with Gasteiger partial charge in [-0.15, -0.1) is 0 Å². The van der Waals surface area contributed by atoms with Gasteiger partial charge in [0.1, 0.15) is 11.3 Å². The van der Waals surface area contributed by atoms with Crippen molar-refractivity contribution in [3.8, 4) is 0 Å². The molecule has 1 aromatic heterocycles. The van der Waals surface area contributed by atoms with Gasteiger partial charge in [-0.3, -0.25) is 0 Å². The number of hydrogen-bond acceptors (Lipinski definition) is 2. The van der Waals surface area contributed by atoms with Gasteiger partial charge in [0.2, 0.25) is 0 Å². The minimum atomic E-state index is 0.728. The summed E-state index contributed by atoms with van der Waals surface area (Å²) in [7, 11) is 0. The SMILES string of the molecule is CCNC/C(=C/c1cc2ccccc2o1)C1CCCCC1. The van der Waals surface area contributed by atoms with Gasteiger partial charge in [0.15, 0.2) is 0 Å². The first-order valence-electron chi connectivity index (χ1n) is 8.26. The molecule has 1 aliphatic carbocycles. The zero-order valence-electron chi connectivity index (χ0n) is 12.9. The van der Waals surface area contributed by atoms with Crippen LogP contribution in [-0.2, 0) is 0 Å². The molecule has 2 nitrogen and oxygen atoms in total. The molecule has 0 amide bonds. The number of furan rings is 1. The van der Waals surface area contributed by atoms with Gasteiger partial charge < -0.3 is 9.73 Å². The molecule has 1 aliphatic rings. The van der Waals surface area contributed by atoms with Gasteiger partial charge in [0.25, 0.3) is 0 Å². The van der Waals surface area contributed by atoms with Crippen LogP contribution in [0.3, 0.4) is 0 Å². The third kappa shape index (κ3) is 3.56. The smallest absolute Gasteiger partial charge is 0.134 e. The maximum absolute atomic E-state index is 5.97. The molecular weight excluding hydrogens is 258 g/mol. The first kappa shape index (κ1) is 14.4. The monoisotopic (exact) mass is 283 g/mol. The van der Waals surface area contributed by atoms with E-state index >= 15 is 0 Å². The van der Waals surface area contributed by atoms with Gasteiger partial charge in [-0.2, -0.15) is 0 Å². The second-order valence-corrected chi connectivity index (χ2v) is 6.02. The lowest BCUT2D eigenvalue weighted by molar-refractivity contribution is 0.397. The maximum atomic E-state index is 5.97. The number of hydrogen-bond donors (Lipinski definition) is 1. The van der Waals surface area contributed by atoms with E-state index in [4.69, 9.17) is 4.42 Å². The van der Waals surface area contributed by atoms with E-state index in [0.717, 1.165) is 30.4 Å². The van der Waals surface area contributed by atoms with Gasteiger partial charge in [-0.1, -0.05) is 44.4 Å². The number of para-hydroxylation sites is 1. The first-order valence-corrected chi connectivity index (χ1v) is 8.26. The third-order valence-electron chi connectivity index (χ3n) is 4.48. The predicted octanol–water partition coefficient (Wildman–Crippen LogP) is 5.01. The number of fused-ring (bicyclic) bond motifs is 1. The minimum Gasteiger partial charge on any atom is -0.457 e. The van der Waals surface area contributed by atoms with Crippen molar-refractivity contribution >= 4 is 17.0 Å². The molecule has 0 saturated heterocycles. The van der Waals surface area contributed by atoms with Crippen LogP contribution in [0.1, 0.15) is 44.8 Å². The van der Waals surface area contributed by atoms with Crippen LogP contribution in [0.5, 0.6) is 0 Å². The summed E-state index contributed by atoms with van der Waals surface area (Å²) in [5.41, 5.74) is 2.49. The van der Waals surface area contributed by atoms with Crippen molar-refractivity contribution in [2.75, 3.05) is 13.1 Å². The fourth-order valence-corrected chi connectivity index (χ4v) is 3.31.